The van der Waals surface area contributed by atoms with Crippen LogP contribution in [0.1, 0.15) is 31.4 Å². The van der Waals surface area contributed by atoms with E-state index in [1.807, 2.05) is 55.5 Å². The van der Waals surface area contributed by atoms with Crippen molar-refractivity contribution in [3.63, 3.8) is 0 Å². The number of nitrogens with one attached hydrogen (secondary N) is 1. The third-order valence-corrected chi connectivity index (χ3v) is 4.63. The lowest BCUT2D eigenvalue weighted by Crippen LogP contribution is -2.41. The van der Waals surface area contributed by atoms with E-state index in [2.05, 4.69) is 5.32 Å². The molecule has 6 heteroatoms. The SMILES string of the molecule is CCC(NC(=O)CCN1C(=O)COc2ccccc21)c1ccc(OC)cc1. The highest BCUT2D eigenvalue weighted by molar-refractivity contribution is 5.98. The second kappa shape index (κ2) is 8.58. The van der Waals surface area contributed by atoms with Crippen LogP contribution in [0.3, 0.4) is 0 Å². The molecule has 0 saturated carbocycles. The molecule has 142 valence electrons. The summed E-state index contributed by atoms with van der Waals surface area (Å²) in [7, 11) is 1.62. The summed E-state index contributed by atoms with van der Waals surface area (Å²) in [6, 6.07) is 15.0. The minimum absolute atomic E-state index is 0.00205. The summed E-state index contributed by atoms with van der Waals surface area (Å²) in [6.07, 6.45) is 1.00. The van der Waals surface area contributed by atoms with Crippen LogP contribution < -0.4 is 19.7 Å². The topological polar surface area (TPSA) is 67.9 Å². The largest absolute Gasteiger partial charge is 0.497 e. The highest BCUT2D eigenvalue weighted by Crippen LogP contribution is 2.31. The van der Waals surface area contributed by atoms with Crippen LogP contribution in [-0.4, -0.2) is 32.1 Å². The molecule has 0 saturated heterocycles. The first-order valence-corrected chi connectivity index (χ1v) is 9.08. The Kier molecular flexibility index (Phi) is 5.96. The number of anilines is 1. The average molecular weight is 368 g/mol. The predicted octanol–water partition coefficient (Wildman–Crippen LogP) is 3.08. The number of amides is 2. The number of carbonyl (C=O) groups is 2. The molecule has 1 atom stereocenters. The molecule has 2 aromatic carbocycles. The van der Waals surface area contributed by atoms with Gasteiger partial charge in [0.15, 0.2) is 6.61 Å². The van der Waals surface area contributed by atoms with Crippen LogP contribution in [0, 0.1) is 0 Å². The van der Waals surface area contributed by atoms with E-state index in [0.717, 1.165) is 17.7 Å². The van der Waals surface area contributed by atoms with Crippen molar-refractivity contribution in [1.82, 2.24) is 5.32 Å². The Morgan fingerprint density at radius 1 is 1.22 bits per heavy atom. The number of carbonyl (C=O) groups excluding carboxylic acids is 2. The fourth-order valence-corrected chi connectivity index (χ4v) is 3.14. The molecule has 1 heterocycles. The Morgan fingerprint density at radius 3 is 2.67 bits per heavy atom. The Labute approximate surface area is 159 Å². The zero-order valence-corrected chi connectivity index (χ0v) is 15.6. The first-order valence-electron chi connectivity index (χ1n) is 9.08. The van der Waals surface area contributed by atoms with Gasteiger partial charge in [-0.15, -0.1) is 0 Å². The highest BCUT2D eigenvalue weighted by atomic mass is 16.5. The van der Waals surface area contributed by atoms with Crippen LogP contribution in [0.15, 0.2) is 48.5 Å². The fraction of sp³-hybridized carbons (Fsp3) is 0.333. The van der Waals surface area contributed by atoms with Gasteiger partial charge in [-0.3, -0.25) is 9.59 Å². The van der Waals surface area contributed by atoms with Gasteiger partial charge in [0, 0.05) is 13.0 Å². The molecule has 6 nitrogen and oxygen atoms in total. The molecule has 0 aliphatic carbocycles. The number of rotatable bonds is 7. The first kappa shape index (κ1) is 18.8. The van der Waals surface area contributed by atoms with Gasteiger partial charge in [-0.05, 0) is 36.2 Å². The van der Waals surface area contributed by atoms with Gasteiger partial charge in [0.2, 0.25) is 5.91 Å². The van der Waals surface area contributed by atoms with Gasteiger partial charge in [-0.25, -0.2) is 0 Å². The van der Waals surface area contributed by atoms with Gasteiger partial charge in [-0.2, -0.15) is 0 Å². The molecule has 2 amide bonds. The minimum Gasteiger partial charge on any atom is -0.497 e. The van der Waals surface area contributed by atoms with E-state index in [9.17, 15) is 9.59 Å². The number of benzene rings is 2. The van der Waals surface area contributed by atoms with Gasteiger partial charge < -0.3 is 19.7 Å². The number of ether oxygens (including phenoxy) is 2. The molecule has 1 aliphatic rings. The summed E-state index contributed by atoms with van der Waals surface area (Å²) < 4.78 is 10.6. The maximum Gasteiger partial charge on any atom is 0.265 e. The smallest absolute Gasteiger partial charge is 0.265 e. The van der Waals surface area contributed by atoms with Crippen LogP contribution in [0.25, 0.3) is 0 Å². The Bertz CT molecular complexity index is 804. The molecule has 1 N–H and O–H groups in total. The summed E-state index contributed by atoms with van der Waals surface area (Å²) in [5.74, 6) is 1.23. The molecule has 3 rings (SSSR count). The van der Waals surface area contributed by atoms with Crippen LogP contribution in [0.5, 0.6) is 11.5 Å². The standard InChI is InChI=1S/C21H24N2O4/c1-3-17(15-8-10-16(26-2)11-9-15)22-20(24)12-13-23-18-6-4-5-7-19(18)27-14-21(23)25/h4-11,17H,3,12-14H2,1-2H3,(H,22,24). The lowest BCUT2D eigenvalue weighted by molar-refractivity contribution is -0.122. The summed E-state index contributed by atoms with van der Waals surface area (Å²) in [5, 5.41) is 3.05. The van der Waals surface area contributed by atoms with Crippen molar-refractivity contribution in [3.8, 4) is 11.5 Å². The fourth-order valence-electron chi connectivity index (χ4n) is 3.14. The summed E-state index contributed by atoms with van der Waals surface area (Å²) in [4.78, 5) is 26.3. The van der Waals surface area contributed by atoms with Crippen molar-refractivity contribution in [3.05, 3.63) is 54.1 Å². The number of fused-ring (bicyclic) bond motifs is 1. The normalized spacial score (nSPS) is 14.1. The summed E-state index contributed by atoms with van der Waals surface area (Å²) in [5.41, 5.74) is 1.74. The zero-order valence-electron chi connectivity index (χ0n) is 15.6. The van der Waals surface area contributed by atoms with Crippen LogP contribution in [0.2, 0.25) is 0 Å². The predicted molar refractivity (Wildman–Crippen MR) is 103 cm³/mol. The van der Waals surface area contributed by atoms with Crippen molar-refractivity contribution in [2.75, 3.05) is 25.2 Å². The van der Waals surface area contributed by atoms with Crippen LogP contribution >= 0.6 is 0 Å². The molecule has 2 aromatic rings. The van der Waals surface area contributed by atoms with E-state index < -0.39 is 0 Å². The van der Waals surface area contributed by atoms with E-state index in [0.29, 0.717) is 18.0 Å². The van der Waals surface area contributed by atoms with E-state index in [1.165, 1.54) is 0 Å². The van der Waals surface area contributed by atoms with E-state index in [1.54, 1.807) is 12.0 Å². The molecule has 27 heavy (non-hydrogen) atoms. The van der Waals surface area contributed by atoms with Crippen molar-refractivity contribution >= 4 is 17.5 Å². The van der Waals surface area contributed by atoms with Crippen molar-refractivity contribution in [2.24, 2.45) is 0 Å². The average Bonchev–Trinajstić information content (AvgIpc) is 2.71. The zero-order chi connectivity index (χ0) is 19.2. The van der Waals surface area contributed by atoms with Gasteiger partial charge in [0.05, 0.1) is 18.8 Å². The van der Waals surface area contributed by atoms with Gasteiger partial charge in [0.1, 0.15) is 11.5 Å². The molecule has 0 aromatic heterocycles. The first-order chi connectivity index (χ1) is 13.1. The molecule has 1 aliphatic heterocycles. The van der Waals surface area contributed by atoms with Crippen LogP contribution in [-0.2, 0) is 9.59 Å². The lowest BCUT2D eigenvalue weighted by atomic mass is 10.0. The van der Waals surface area contributed by atoms with Gasteiger partial charge >= 0.3 is 0 Å². The Morgan fingerprint density at radius 2 is 1.96 bits per heavy atom. The number of para-hydroxylation sites is 2. The minimum atomic E-state index is -0.135. The Hall–Kier alpha value is -3.02. The van der Waals surface area contributed by atoms with Crippen molar-refractivity contribution in [1.29, 1.82) is 0 Å². The third-order valence-electron chi connectivity index (χ3n) is 4.63. The number of hydrogen-bond acceptors (Lipinski definition) is 4. The molecular weight excluding hydrogens is 344 g/mol. The number of methoxy groups -OCH3 is 1. The van der Waals surface area contributed by atoms with Crippen molar-refractivity contribution in [2.45, 2.75) is 25.8 Å². The molecule has 1 unspecified atom stereocenters. The van der Waals surface area contributed by atoms with E-state index in [4.69, 9.17) is 9.47 Å². The third kappa shape index (κ3) is 4.39. The van der Waals surface area contributed by atoms with E-state index in [-0.39, 0.29) is 30.9 Å². The summed E-state index contributed by atoms with van der Waals surface area (Å²) in [6.45, 7) is 2.35. The van der Waals surface area contributed by atoms with Gasteiger partial charge in [-0.1, -0.05) is 31.2 Å². The second-order valence-corrected chi connectivity index (χ2v) is 6.35. The quantitative estimate of drug-likeness (QED) is 0.816. The molecule has 0 spiro atoms. The van der Waals surface area contributed by atoms with Crippen molar-refractivity contribution < 1.29 is 19.1 Å². The number of hydrogen-bond donors (Lipinski definition) is 1. The van der Waals surface area contributed by atoms with Gasteiger partial charge in [0.25, 0.3) is 5.91 Å². The summed E-state index contributed by atoms with van der Waals surface area (Å²) >= 11 is 0. The maximum absolute atomic E-state index is 12.5. The molecule has 0 fully saturated rings. The molecule has 0 radical (unpaired) electrons. The second-order valence-electron chi connectivity index (χ2n) is 6.35. The highest BCUT2D eigenvalue weighted by Gasteiger charge is 2.25. The molecule has 0 bridgehead atoms. The molecular formula is C21H24N2O4. The van der Waals surface area contributed by atoms with E-state index >= 15 is 0 Å². The maximum atomic E-state index is 12.5. The van der Waals surface area contributed by atoms with Crippen LogP contribution in [0.4, 0.5) is 5.69 Å². The lowest BCUT2D eigenvalue weighted by Gasteiger charge is -2.29. The Balaban J connectivity index is 1.61. The number of nitrogens with zero attached hydrogens (tertiary/aromatic N) is 1. The monoisotopic (exact) mass is 368 g/mol.